The van der Waals surface area contributed by atoms with E-state index in [1.807, 2.05) is 31.2 Å². The number of hydrogen-bond donors (Lipinski definition) is 1. The standard InChI is InChI=1S/C21H26N2O4/c1-16-6-8-18(9-7-16)26-14-3-5-20(24)22-17-10-12-23(13-11-17)21(25)19-4-2-15-27-19/h2,4,6-9,15,17H,3,5,10-14H2,1H3,(H,22,24). The summed E-state index contributed by atoms with van der Waals surface area (Å²) in [6.07, 6.45) is 4.14. The van der Waals surface area contributed by atoms with Crippen molar-refractivity contribution >= 4 is 11.8 Å². The molecule has 0 radical (unpaired) electrons. The number of carbonyl (C=O) groups excluding carboxylic acids is 2. The molecule has 2 amide bonds. The van der Waals surface area contributed by atoms with Crippen LogP contribution in [0, 0.1) is 6.92 Å². The Morgan fingerprint density at radius 3 is 2.59 bits per heavy atom. The highest BCUT2D eigenvalue weighted by Crippen LogP contribution is 2.15. The first-order valence-electron chi connectivity index (χ1n) is 9.43. The van der Waals surface area contributed by atoms with E-state index in [2.05, 4.69) is 5.32 Å². The van der Waals surface area contributed by atoms with E-state index in [1.165, 1.54) is 11.8 Å². The Kier molecular flexibility index (Phi) is 6.52. The topological polar surface area (TPSA) is 71.8 Å². The number of benzene rings is 1. The minimum absolute atomic E-state index is 0.0401. The first kappa shape index (κ1) is 19.0. The summed E-state index contributed by atoms with van der Waals surface area (Å²) in [6, 6.07) is 11.4. The summed E-state index contributed by atoms with van der Waals surface area (Å²) in [4.78, 5) is 26.1. The number of aryl methyl sites for hydroxylation is 1. The maximum Gasteiger partial charge on any atom is 0.289 e. The van der Waals surface area contributed by atoms with Gasteiger partial charge in [0.25, 0.3) is 5.91 Å². The van der Waals surface area contributed by atoms with Gasteiger partial charge in [-0.25, -0.2) is 0 Å². The van der Waals surface area contributed by atoms with E-state index < -0.39 is 0 Å². The SMILES string of the molecule is Cc1ccc(OCCCC(=O)NC2CCN(C(=O)c3ccco3)CC2)cc1. The molecule has 0 unspecified atom stereocenters. The first-order valence-corrected chi connectivity index (χ1v) is 9.43. The molecule has 1 saturated heterocycles. The predicted octanol–water partition coefficient (Wildman–Crippen LogP) is 3.17. The lowest BCUT2D eigenvalue weighted by molar-refractivity contribution is -0.122. The third-order valence-electron chi connectivity index (χ3n) is 4.72. The Balaban J connectivity index is 1.31. The molecule has 1 aliphatic heterocycles. The molecule has 6 nitrogen and oxygen atoms in total. The second-order valence-corrected chi connectivity index (χ2v) is 6.88. The molecular weight excluding hydrogens is 344 g/mol. The third-order valence-corrected chi connectivity index (χ3v) is 4.72. The van der Waals surface area contributed by atoms with Gasteiger partial charge in [-0.15, -0.1) is 0 Å². The van der Waals surface area contributed by atoms with Crippen molar-refractivity contribution in [3.05, 3.63) is 54.0 Å². The van der Waals surface area contributed by atoms with Gasteiger partial charge in [-0.05, 0) is 50.5 Å². The largest absolute Gasteiger partial charge is 0.494 e. The fraction of sp³-hybridized carbons (Fsp3) is 0.429. The molecule has 0 aliphatic carbocycles. The smallest absolute Gasteiger partial charge is 0.289 e. The molecule has 0 spiro atoms. The predicted molar refractivity (Wildman–Crippen MR) is 102 cm³/mol. The van der Waals surface area contributed by atoms with Crippen LogP contribution in [0.15, 0.2) is 47.1 Å². The summed E-state index contributed by atoms with van der Waals surface area (Å²) >= 11 is 0. The summed E-state index contributed by atoms with van der Waals surface area (Å²) in [5, 5.41) is 3.06. The first-order chi connectivity index (χ1) is 13.1. The Hall–Kier alpha value is -2.76. The second-order valence-electron chi connectivity index (χ2n) is 6.88. The highest BCUT2D eigenvalue weighted by molar-refractivity contribution is 5.91. The van der Waals surface area contributed by atoms with Crippen LogP contribution in [0.3, 0.4) is 0 Å². The van der Waals surface area contributed by atoms with Crippen molar-refractivity contribution < 1.29 is 18.7 Å². The summed E-state index contributed by atoms with van der Waals surface area (Å²) in [5.74, 6) is 1.15. The van der Waals surface area contributed by atoms with Gasteiger partial charge in [0, 0.05) is 25.6 Å². The van der Waals surface area contributed by atoms with Crippen LogP contribution in [-0.2, 0) is 4.79 Å². The Morgan fingerprint density at radius 2 is 1.93 bits per heavy atom. The van der Waals surface area contributed by atoms with Gasteiger partial charge < -0.3 is 19.4 Å². The fourth-order valence-corrected chi connectivity index (χ4v) is 3.14. The van der Waals surface area contributed by atoms with Crippen LogP contribution in [0.1, 0.15) is 41.8 Å². The highest BCUT2D eigenvalue weighted by atomic mass is 16.5. The fourth-order valence-electron chi connectivity index (χ4n) is 3.14. The third kappa shape index (κ3) is 5.61. The summed E-state index contributed by atoms with van der Waals surface area (Å²) in [5.41, 5.74) is 1.19. The van der Waals surface area contributed by atoms with Crippen LogP contribution in [-0.4, -0.2) is 42.5 Å². The molecule has 3 rings (SSSR count). The van der Waals surface area contributed by atoms with Crippen molar-refractivity contribution in [2.24, 2.45) is 0 Å². The number of hydrogen-bond acceptors (Lipinski definition) is 4. The molecule has 0 atom stereocenters. The van der Waals surface area contributed by atoms with E-state index in [9.17, 15) is 9.59 Å². The van der Waals surface area contributed by atoms with Crippen LogP contribution in [0.2, 0.25) is 0 Å². The Morgan fingerprint density at radius 1 is 1.19 bits per heavy atom. The molecule has 1 aromatic carbocycles. The van der Waals surface area contributed by atoms with Gasteiger partial charge in [0.15, 0.2) is 5.76 Å². The van der Waals surface area contributed by atoms with Crippen molar-refractivity contribution in [2.45, 2.75) is 38.6 Å². The lowest BCUT2D eigenvalue weighted by atomic mass is 10.0. The molecule has 1 aromatic heterocycles. The molecule has 1 N–H and O–H groups in total. The number of ether oxygens (including phenoxy) is 1. The zero-order valence-electron chi connectivity index (χ0n) is 15.6. The zero-order valence-corrected chi connectivity index (χ0v) is 15.6. The lowest BCUT2D eigenvalue weighted by Crippen LogP contribution is -2.46. The quantitative estimate of drug-likeness (QED) is 0.760. The van der Waals surface area contributed by atoms with E-state index in [-0.39, 0.29) is 17.9 Å². The summed E-state index contributed by atoms with van der Waals surface area (Å²) < 4.78 is 10.8. The highest BCUT2D eigenvalue weighted by Gasteiger charge is 2.25. The van der Waals surface area contributed by atoms with Crippen molar-refractivity contribution in [1.82, 2.24) is 10.2 Å². The van der Waals surface area contributed by atoms with Gasteiger partial charge in [0.05, 0.1) is 12.9 Å². The van der Waals surface area contributed by atoms with E-state index in [0.29, 0.717) is 38.3 Å². The zero-order chi connectivity index (χ0) is 19.1. The molecule has 1 aliphatic rings. The van der Waals surface area contributed by atoms with E-state index in [1.54, 1.807) is 17.0 Å². The van der Waals surface area contributed by atoms with Gasteiger partial charge >= 0.3 is 0 Å². The van der Waals surface area contributed by atoms with Crippen molar-refractivity contribution in [3.63, 3.8) is 0 Å². The molecule has 1 fully saturated rings. The Labute approximate surface area is 159 Å². The molecule has 144 valence electrons. The minimum Gasteiger partial charge on any atom is -0.494 e. The number of likely N-dealkylation sites (tertiary alicyclic amines) is 1. The van der Waals surface area contributed by atoms with E-state index in [0.717, 1.165) is 18.6 Å². The Bertz CT molecular complexity index is 732. The molecule has 0 saturated carbocycles. The van der Waals surface area contributed by atoms with Crippen molar-refractivity contribution in [2.75, 3.05) is 19.7 Å². The van der Waals surface area contributed by atoms with E-state index in [4.69, 9.17) is 9.15 Å². The number of amides is 2. The minimum atomic E-state index is -0.0852. The monoisotopic (exact) mass is 370 g/mol. The summed E-state index contributed by atoms with van der Waals surface area (Å²) in [7, 11) is 0. The van der Waals surface area contributed by atoms with Crippen LogP contribution in [0.25, 0.3) is 0 Å². The maximum atomic E-state index is 12.2. The average Bonchev–Trinajstić information content (AvgIpc) is 3.21. The molecule has 2 aromatic rings. The van der Waals surface area contributed by atoms with Crippen LogP contribution in [0.4, 0.5) is 0 Å². The van der Waals surface area contributed by atoms with Crippen molar-refractivity contribution in [3.8, 4) is 5.75 Å². The van der Waals surface area contributed by atoms with Gasteiger partial charge in [0.2, 0.25) is 5.91 Å². The molecule has 27 heavy (non-hydrogen) atoms. The number of nitrogens with one attached hydrogen (secondary N) is 1. The van der Waals surface area contributed by atoms with Gasteiger partial charge in [-0.3, -0.25) is 9.59 Å². The summed E-state index contributed by atoms with van der Waals surface area (Å²) in [6.45, 7) is 3.81. The second kappa shape index (κ2) is 9.26. The number of furan rings is 1. The average molecular weight is 370 g/mol. The van der Waals surface area contributed by atoms with Gasteiger partial charge in [-0.2, -0.15) is 0 Å². The van der Waals surface area contributed by atoms with Gasteiger partial charge in [0.1, 0.15) is 5.75 Å². The normalized spacial score (nSPS) is 14.8. The van der Waals surface area contributed by atoms with Crippen molar-refractivity contribution in [1.29, 1.82) is 0 Å². The molecule has 2 heterocycles. The number of rotatable bonds is 7. The molecule has 0 bridgehead atoms. The number of nitrogens with zero attached hydrogens (tertiary/aromatic N) is 1. The van der Waals surface area contributed by atoms with Crippen LogP contribution < -0.4 is 10.1 Å². The number of piperidine rings is 1. The molecule has 6 heteroatoms. The lowest BCUT2D eigenvalue weighted by Gasteiger charge is -2.31. The van der Waals surface area contributed by atoms with Gasteiger partial charge in [-0.1, -0.05) is 17.7 Å². The maximum absolute atomic E-state index is 12.2. The van der Waals surface area contributed by atoms with E-state index >= 15 is 0 Å². The van der Waals surface area contributed by atoms with Crippen LogP contribution >= 0.6 is 0 Å². The van der Waals surface area contributed by atoms with Crippen LogP contribution in [0.5, 0.6) is 5.75 Å². The number of carbonyl (C=O) groups is 2. The molecular formula is C21H26N2O4.